The molecule has 1 amide bonds. The van der Waals surface area contributed by atoms with Crippen LogP contribution in [-0.2, 0) is 20.7 Å². The van der Waals surface area contributed by atoms with Gasteiger partial charge in [0.2, 0.25) is 5.75 Å². The Morgan fingerprint density at radius 2 is 1.67 bits per heavy atom. The number of nitrogens with one attached hydrogen (secondary N) is 1. The number of ether oxygens (including phenoxy) is 4. The first-order chi connectivity index (χ1) is 13.0. The summed E-state index contributed by atoms with van der Waals surface area (Å²) in [6.07, 6.45) is 4.43. The monoisotopic (exact) mass is 379 g/mol. The van der Waals surface area contributed by atoms with Gasteiger partial charge in [-0.15, -0.1) is 0 Å². The molecule has 1 fully saturated rings. The van der Waals surface area contributed by atoms with Crippen molar-refractivity contribution in [3.8, 4) is 17.2 Å². The molecule has 1 N–H and O–H groups in total. The molecule has 1 saturated carbocycles. The first-order valence-corrected chi connectivity index (χ1v) is 9.22. The maximum absolute atomic E-state index is 12.1. The third-order valence-corrected chi connectivity index (χ3v) is 4.90. The number of carbonyl (C=O) groups excluding carboxylic acids is 2. The van der Waals surface area contributed by atoms with Gasteiger partial charge in [0.25, 0.3) is 5.91 Å². The number of esters is 1. The second-order valence-electron chi connectivity index (χ2n) is 6.81. The van der Waals surface area contributed by atoms with Crippen molar-refractivity contribution in [2.45, 2.75) is 45.1 Å². The summed E-state index contributed by atoms with van der Waals surface area (Å²) in [6.45, 7) is 1.87. The highest BCUT2D eigenvalue weighted by Gasteiger charge is 2.23. The molecule has 7 nitrogen and oxygen atoms in total. The van der Waals surface area contributed by atoms with Gasteiger partial charge in [-0.2, -0.15) is 0 Å². The molecule has 0 spiro atoms. The minimum atomic E-state index is -0.490. The first-order valence-electron chi connectivity index (χ1n) is 9.22. The van der Waals surface area contributed by atoms with E-state index in [0.29, 0.717) is 28.7 Å². The van der Waals surface area contributed by atoms with Crippen molar-refractivity contribution >= 4 is 11.9 Å². The normalized spacial score (nSPS) is 19.1. The zero-order chi connectivity index (χ0) is 19.8. The predicted molar refractivity (Wildman–Crippen MR) is 100 cm³/mol. The number of benzene rings is 1. The number of carbonyl (C=O) groups is 2. The maximum Gasteiger partial charge on any atom is 0.310 e. The minimum absolute atomic E-state index is 0.00380. The van der Waals surface area contributed by atoms with Crippen molar-refractivity contribution in [3.05, 3.63) is 17.7 Å². The summed E-state index contributed by atoms with van der Waals surface area (Å²) >= 11 is 0. The number of methoxy groups -OCH3 is 3. The van der Waals surface area contributed by atoms with Crippen LogP contribution in [0.25, 0.3) is 0 Å². The highest BCUT2D eigenvalue weighted by Crippen LogP contribution is 2.38. The second kappa shape index (κ2) is 10.0. The van der Waals surface area contributed by atoms with Crippen molar-refractivity contribution < 1.29 is 28.5 Å². The van der Waals surface area contributed by atoms with E-state index < -0.39 is 5.97 Å². The third-order valence-electron chi connectivity index (χ3n) is 4.90. The van der Waals surface area contributed by atoms with Crippen molar-refractivity contribution in [2.75, 3.05) is 27.9 Å². The van der Waals surface area contributed by atoms with Crippen LogP contribution in [0.5, 0.6) is 17.2 Å². The minimum Gasteiger partial charge on any atom is -0.493 e. The van der Waals surface area contributed by atoms with Gasteiger partial charge in [-0.05, 0) is 36.5 Å². The molecule has 0 radical (unpaired) electrons. The molecule has 0 bridgehead atoms. The van der Waals surface area contributed by atoms with Crippen molar-refractivity contribution in [3.63, 3.8) is 0 Å². The Kier molecular flexibility index (Phi) is 7.76. The summed E-state index contributed by atoms with van der Waals surface area (Å²) in [5.74, 6) is 1.09. The molecule has 27 heavy (non-hydrogen) atoms. The van der Waals surface area contributed by atoms with Crippen LogP contribution in [0.3, 0.4) is 0 Å². The van der Waals surface area contributed by atoms with Crippen LogP contribution >= 0.6 is 0 Å². The van der Waals surface area contributed by atoms with Gasteiger partial charge in [-0.1, -0.05) is 19.8 Å². The highest BCUT2D eigenvalue weighted by molar-refractivity contribution is 5.81. The van der Waals surface area contributed by atoms with Crippen LogP contribution in [0, 0.1) is 5.92 Å². The summed E-state index contributed by atoms with van der Waals surface area (Å²) in [7, 11) is 4.53. The Morgan fingerprint density at radius 3 is 2.22 bits per heavy atom. The van der Waals surface area contributed by atoms with Gasteiger partial charge in [0.1, 0.15) is 0 Å². The molecule has 1 aromatic rings. The number of hydrogen-bond donors (Lipinski definition) is 1. The SMILES string of the molecule is COc1cc(CC(=O)OCC(=O)N[C@H]2CCCC[C@@H]2C)cc(OC)c1OC. The zero-order valence-corrected chi connectivity index (χ0v) is 16.5. The van der Waals surface area contributed by atoms with Crippen LogP contribution in [0.2, 0.25) is 0 Å². The van der Waals surface area contributed by atoms with E-state index in [4.69, 9.17) is 18.9 Å². The maximum atomic E-state index is 12.1. The van der Waals surface area contributed by atoms with Crippen LogP contribution < -0.4 is 19.5 Å². The molecule has 2 atom stereocenters. The molecular weight excluding hydrogens is 350 g/mol. The molecular formula is C20H29NO6. The molecule has 0 aromatic heterocycles. The van der Waals surface area contributed by atoms with Crippen LogP contribution in [0.1, 0.15) is 38.2 Å². The largest absolute Gasteiger partial charge is 0.493 e. The summed E-state index contributed by atoms with van der Waals surface area (Å²) < 4.78 is 20.9. The smallest absolute Gasteiger partial charge is 0.310 e. The molecule has 150 valence electrons. The van der Waals surface area contributed by atoms with Gasteiger partial charge >= 0.3 is 5.97 Å². The van der Waals surface area contributed by atoms with E-state index in [0.717, 1.165) is 19.3 Å². The lowest BCUT2D eigenvalue weighted by Crippen LogP contribution is -2.42. The summed E-state index contributed by atoms with van der Waals surface area (Å²) in [5, 5.41) is 2.97. The lowest BCUT2D eigenvalue weighted by atomic mass is 9.86. The van der Waals surface area contributed by atoms with Crippen molar-refractivity contribution in [1.29, 1.82) is 0 Å². The van der Waals surface area contributed by atoms with E-state index in [1.807, 2.05) is 0 Å². The third kappa shape index (κ3) is 5.77. The van der Waals surface area contributed by atoms with Gasteiger partial charge in [-0.3, -0.25) is 9.59 Å². The number of amides is 1. The first kappa shape index (κ1) is 20.9. The predicted octanol–water partition coefficient (Wildman–Crippen LogP) is 2.49. The number of hydrogen-bond acceptors (Lipinski definition) is 6. The van der Waals surface area contributed by atoms with E-state index >= 15 is 0 Å². The summed E-state index contributed by atoms with van der Waals surface area (Å²) in [5.41, 5.74) is 0.649. The summed E-state index contributed by atoms with van der Waals surface area (Å²) in [6, 6.07) is 3.54. The quantitative estimate of drug-likeness (QED) is 0.699. The van der Waals surface area contributed by atoms with E-state index in [-0.39, 0.29) is 25.0 Å². The molecule has 0 unspecified atom stereocenters. The van der Waals surface area contributed by atoms with E-state index in [1.165, 1.54) is 27.8 Å². The van der Waals surface area contributed by atoms with Crippen molar-refractivity contribution in [1.82, 2.24) is 5.32 Å². The molecule has 0 heterocycles. The standard InChI is InChI=1S/C20H29NO6/c1-13-7-5-6-8-15(13)21-18(22)12-27-19(23)11-14-9-16(24-2)20(26-4)17(10-14)25-3/h9-10,13,15H,5-8,11-12H2,1-4H3,(H,21,22)/t13-,15-/m0/s1. The van der Waals surface area contributed by atoms with Gasteiger partial charge < -0.3 is 24.3 Å². The Balaban J connectivity index is 1.89. The molecule has 7 heteroatoms. The molecule has 1 aromatic carbocycles. The van der Waals surface area contributed by atoms with Crippen molar-refractivity contribution in [2.24, 2.45) is 5.92 Å². The fraction of sp³-hybridized carbons (Fsp3) is 0.600. The van der Waals surface area contributed by atoms with Crippen LogP contribution in [0.4, 0.5) is 0 Å². The fourth-order valence-corrected chi connectivity index (χ4v) is 3.38. The van der Waals surface area contributed by atoms with Gasteiger partial charge in [0, 0.05) is 6.04 Å². The molecule has 2 rings (SSSR count). The van der Waals surface area contributed by atoms with Crippen LogP contribution in [0.15, 0.2) is 12.1 Å². The van der Waals surface area contributed by atoms with E-state index in [2.05, 4.69) is 12.2 Å². The van der Waals surface area contributed by atoms with Crippen LogP contribution in [-0.4, -0.2) is 45.9 Å². The molecule has 0 saturated heterocycles. The van der Waals surface area contributed by atoms with Gasteiger partial charge in [-0.25, -0.2) is 0 Å². The van der Waals surface area contributed by atoms with E-state index in [1.54, 1.807) is 12.1 Å². The van der Waals surface area contributed by atoms with Gasteiger partial charge in [0.05, 0.1) is 27.8 Å². The molecule has 0 aliphatic heterocycles. The molecule has 1 aliphatic carbocycles. The Morgan fingerprint density at radius 1 is 1.04 bits per heavy atom. The highest BCUT2D eigenvalue weighted by atomic mass is 16.5. The Bertz CT molecular complexity index is 635. The fourth-order valence-electron chi connectivity index (χ4n) is 3.38. The molecule has 1 aliphatic rings. The Hall–Kier alpha value is -2.44. The zero-order valence-electron chi connectivity index (χ0n) is 16.5. The average Bonchev–Trinajstić information content (AvgIpc) is 2.67. The van der Waals surface area contributed by atoms with E-state index in [9.17, 15) is 9.59 Å². The number of rotatable bonds is 8. The second-order valence-corrected chi connectivity index (χ2v) is 6.81. The lowest BCUT2D eigenvalue weighted by molar-refractivity contribution is -0.148. The Labute approximate surface area is 160 Å². The topological polar surface area (TPSA) is 83.1 Å². The average molecular weight is 379 g/mol. The lowest BCUT2D eigenvalue weighted by Gasteiger charge is -2.29. The van der Waals surface area contributed by atoms with Gasteiger partial charge in [0.15, 0.2) is 18.1 Å². The summed E-state index contributed by atoms with van der Waals surface area (Å²) in [4.78, 5) is 24.2.